The molecule has 0 heterocycles. The third kappa shape index (κ3) is 4.00. The average Bonchev–Trinajstić information content (AvgIpc) is 2.45. The normalized spacial score (nSPS) is 10.0. The van der Waals surface area contributed by atoms with Gasteiger partial charge >= 0.3 is 0 Å². The third-order valence-electron chi connectivity index (χ3n) is 3.01. The molecule has 0 saturated heterocycles. The lowest BCUT2D eigenvalue weighted by atomic mass is 10.2. The van der Waals surface area contributed by atoms with Crippen molar-refractivity contribution in [2.24, 2.45) is 5.18 Å². The minimum absolute atomic E-state index is 0.391. The number of hydrogen-bond acceptors (Lipinski definition) is 3. The first kappa shape index (κ1) is 15.4. The summed E-state index contributed by atoms with van der Waals surface area (Å²) in [6.45, 7) is 3.85. The number of benzene rings is 2. The molecule has 0 fully saturated rings. The van der Waals surface area contributed by atoms with E-state index < -0.39 is 0 Å². The van der Waals surface area contributed by atoms with Gasteiger partial charge in [-0.05, 0) is 72.7 Å². The number of hydrogen-bond donors (Lipinski definition) is 2. The number of nitrogens with zero attached hydrogens (tertiary/aromatic N) is 1. The van der Waals surface area contributed by atoms with Gasteiger partial charge in [-0.1, -0.05) is 17.7 Å². The van der Waals surface area contributed by atoms with Crippen molar-refractivity contribution in [2.75, 3.05) is 10.6 Å². The standard InChI is InChI=1S/C15H14ClN3OS/c1-9-3-4-11(16)8-14(9)18-15(21)17-13-6-5-12(19-20)7-10(13)2/h3-8H,1-2H3,(H2,17,18,21). The Hall–Kier alpha value is -1.98. The maximum atomic E-state index is 10.5. The second kappa shape index (κ2) is 6.65. The molecule has 0 unspecified atom stereocenters. The summed E-state index contributed by atoms with van der Waals surface area (Å²) in [5.74, 6) is 0. The molecule has 108 valence electrons. The summed E-state index contributed by atoms with van der Waals surface area (Å²) in [6, 6.07) is 10.7. The highest BCUT2D eigenvalue weighted by molar-refractivity contribution is 7.80. The molecule has 0 atom stereocenters. The third-order valence-corrected chi connectivity index (χ3v) is 3.45. The van der Waals surface area contributed by atoms with Crippen LogP contribution in [0, 0.1) is 18.8 Å². The van der Waals surface area contributed by atoms with Crippen LogP contribution in [0.3, 0.4) is 0 Å². The highest BCUT2D eigenvalue weighted by atomic mass is 35.5. The molecule has 0 aliphatic rings. The lowest BCUT2D eigenvalue weighted by Crippen LogP contribution is -2.20. The van der Waals surface area contributed by atoms with Gasteiger partial charge in [-0.25, -0.2) is 0 Å². The lowest BCUT2D eigenvalue weighted by Gasteiger charge is -2.14. The van der Waals surface area contributed by atoms with Crippen LogP contribution in [0.5, 0.6) is 0 Å². The molecular formula is C15H14ClN3OS. The van der Waals surface area contributed by atoms with E-state index in [1.54, 1.807) is 18.2 Å². The van der Waals surface area contributed by atoms with Gasteiger partial charge in [0.05, 0.1) is 0 Å². The second-order valence-electron chi connectivity index (χ2n) is 4.63. The Balaban J connectivity index is 2.11. The lowest BCUT2D eigenvalue weighted by molar-refractivity contribution is 1.40. The zero-order valence-corrected chi connectivity index (χ0v) is 13.2. The van der Waals surface area contributed by atoms with Crippen molar-refractivity contribution in [3.05, 3.63) is 57.5 Å². The van der Waals surface area contributed by atoms with E-state index >= 15 is 0 Å². The summed E-state index contributed by atoms with van der Waals surface area (Å²) < 4.78 is 0. The van der Waals surface area contributed by atoms with Gasteiger partial charge in [0.15, 0.2) is 5.11 Å². The number of thiocarbonyl (C=S) groups is 1. The molecule has 2 N–H and O–H groups in total. The fraction of sp³-hybridized carbons (Fsp3) is 0.133. The SMILES string of the molecule is Cc1cc(N=O)ccc1NC(=S)Nc1cc(Cl)ccc1C. The Morgan fingerprint density at radius 3 is 2.43 bits per heavy atom. The molecule has 2 rings (SSSR count). The monoisotopic (exact) mass is 319 g/mol. The van der Waals surface area contributed by atoms with E-state index in [9.17, 15) is 4.91 Å². The summed E-state index contributed by atoms with van der Waals surface area (Å²) in [6.07, 6.45) is 0. The van der Waals surface area contributed by atoms with Gasteiger partial charge in [-0.3, -0.25) is 0 Å². The van der Waals surface area contributed by atoms with Crippen molar-refractivity contribution >= 4 is 46.0 Å². The van der Waals surface area contributed by atoms with Crippen LogP contribution < -0.4 is 10.6 Å². The maximum absolute atomic E-state index is 10.5. The predicted molar refractivity (Wildman–Crippen MR) is 92.7 cm³/mol. The molecule has 2 aromatic rings. The molecule has 4 nitrogen and oxygen atoms in total. The van der Waals surface area contributed by atoms with Crippen molar-refractivity contribution < 1.29 is 0 Å². The maximum Gasteiger partial charge on any atom is 0.175 e. The summed E-state index contributed by atoms with van der Waals surface area (Å²) in [5.41, 5.74) is 3.99. The van der Waals surface area contributed by atoms with Crippen LogP contribution >= 0.6 is 23.8 Å². The molecule has 0 aromatic heterocycles. The van der Waals surface area contributed by atoms with Gasteiger partial charge < -0.3 is 10.6 Å². The average molecular weight is 320 g/mol. The summed E-state index contributed by atoms with van der Waals surface area (Å²) in [4.78, 5) is 10.5. The van der Waals surface area contributed by atoms with Gasteiger partial charge in [0, 0.05) is 16.4 Å². The molecule has 0 saturated carbocycles. The Bertz CT molecular complexity index is 703. The van der Waals surface area contributed by atoms with E-state index in [2.05, 4.69) is 15.8 Å². The van der Waals surface area contributed by atoms with Crippen LogP contribution in [0.15, 0.2) is 41.6 Å². The largest absolute Gasteiger partial charge is 0.332 e. The van der Waals surface area contributed by atoms with Crippen molar-refractivity contribution in [3.63, 3.8) is 0 Å². The predicted octanol–water partition coefficient (Wildman–Crippen LogP) is 5.16. The molecule has 0 aliphatic carbocycles. The van der Waals surface area contributed by atoms with Crippen molar-refractivity contribution in [3.8, 4) is 0 Å². The second-order valence-corrected chi connectivity index (χ2v) is 5.47. The van der Waals surface area contributed by atoms with Crippen LogP contribution in [0.1, 0.15) is 11.1 Å². The molecule has 0 radical (unpaired) electrons. The van der Waals surface area contributed by atoms with Gasteiger partial charge in [0.25, 0.3) is 0 Å². The minimum Gasteiger partial charge on any atom is -0.332 e. The van der Waals surface area contributed by atoms with Crippen molar-refractivity contribution in [1.29, 1.82) is 0 Å². The number of nitrogens with one attached hydrogen (secondary N) is 2. The number of rotatable bonds is 3. The Morgan fingerprint density at radius 2 is 1.76 bits per heavy atom. The topological polar surface area (TPSA) is 53.5 Å². The quantitative estimate of drug-likeness (QED) is 0.605. The van der Waals surface area contributed by atoms with Crippen molar-refractivity contribution in [2.45, 2.75) is 13.8 Å². The first-order chi connectivity index (χ1) is 9.99. The van der Waals surface area contributed by atoms with Crippen LogP contribution in [0.2, 0.25) is 5.02 Å². The molecule has 0 amide bonds. The fourth-order valence-electron chi connectivity index (χ4n) is 1.85. The van der Waals surface area contributed by atoms with E-state index in [4.69, 9.17) is 23.8 Å². The summed E-state index contributed by atoms with van der Waals surface area (Å²) in [7, 11) is 0. The zero-order valence-electron chi connectivity index (χ0n) is 11.6. The van der Waals surface area contributed by atoms with Crippen LogP contribution in [-0.2, 0) is 0 Å². The minimum atomic E-state index is 0.391. The number of nitroso groups, excluding NO2 is 1. The smallest absolute Gasteiger partial charge is 0.175 e. The highest BCUT2D eigenvalue weighted by Gasteiger charge is 2.05. The van der Waals surface area contributed by atoms with E-state index in [-0.39, 0.29) is 0 Å². The molecule has 0 bridgehead atoms. The Labute approximate surface area is 133 Å². The molecular weight excluding hydrogens is 306 g/mol. The first-order valence-corrected chi connectivity index (χ1v) is 7.06. The molecule has 21 heavy (non-hydrogen) atoms. The van der Waals surface area contributed by atoms with Gasteiger partial charge in [-0.15, -0.1) is 4.91 Å². The van der Waals surface area contributed by atoms with E-state index in [1.807, 2.05) is 32.0 Å². The molecule has 2 aromatic carbocycles. The van der Waals surface area contributed by atoms with E-state index in [0.717, 1.165) is 22.5 Å². The zero-order chi connectivity index (χ0) is 15.4. The molecule has 0 spiro atoms. The highest BCUT2D eigenvalue weighted by Crippen LogP contribution is 2.23. The Morgan fingerprint density at radius 1 is 1.05 bits per heavy atom. The van der Waals surface area contributed by atoms with E-state index in [1.165, 1.54) is 0 Å². The van der Waals surface area contributed by atoms with Crippen LogP contribution in [0.25, 0.3) is 0 Å². The summed E-state index contributed by atoms with van der Waals surface area (Å²) >= 11 is 11.3. The van der Waals surface area contributed by atoms with Gasteiger partial charge in [0.1, 0.15) is 5.69 Å². The van der Waals surface area contributed by atoms with E-state index in [0.29, 0.717) is 15.8 Å². The molecule has 0 aliphatic heterocycles. The fourth-order valence-corrected chi connectivity index (χ4v) is 2.24. The van der Waals surface area contributed by atoms with Crippen LogP contribution in [0.4, 0.5) is 17.1 Å². The number of halogens is 1. The number of anilines is 2. The molecule has 6 heteroatoms. The van der Waals surface area contributed by atoms with Gasteiger partial charge in [0.2, 0.25) is 0 Å². The summed E-state index contributed by atoms with van der Waals surface area (Å²) in [5, 5.41) is 10.2. The van der Waals surface area contributed by atoms with Crippen molar-refractivity contribution in [1.82, 2.24) is 0 Å². The number of aryl methyl sites for hydroxylation is 2. The first-order valence-electron chi connectivity index (χ1n) is 6.28. The van der Waals surface area contributed by atoms with Crippen LogP contribution in [-0.4, -0.2) is 5.11 Å². The Kier molecular flexibility index (Phi) is 4.88. The van der Waals surface area contributed by atoms with Gasteiger partial charge in [-0.2, -0.15) is 0 Å².